The molecule has 1 amide bonds. The van der Waals surface area contributed by atoms with Gasteiger partial charge in [-0.1, -0.05) is 92.7 Å². The van der Waals surface area contributed by atoms with E-state index in [1.165, 1.54) is 0 Å². The third-order valence-corrected chi connectivity index (χ3v) is 6.58. The van der Waals surface area contributed by atoms with Crippen LogP contribution in [0.5, 0.6) is 0 Å². The molecule has 4 rings (SSSR count). The Morgan fingerprint density at radius 1 is 1.00 bits per heavy atom. The predicted octanol–water partition coefficient (Wildman–Crippen LogP) is 5.58. The van der Waals surface area contributed by atoms with Gasteiger partial charge in [-0.3, -0.25) is 4.79 Å². The Labute approximate surface area is 213 Å². The van der Waals surface area contributed by atoms with E-state index in [-0.39, 0.29) is 18.4 Å². The lowest BCUT2D eigenvalue weighted by Gasteiger charge is -2.27. The fourth-order valence-corrected chi connectivity index (χ4v) is 4.39. The van der Waals surface area contributed by atoms with E-state index in [1.807, 2.05) is 54.6 Å². The maximum absolute atomic E-state index is 13.2. The topological polar surface area (TPSA) is 82.3 Å². The number of nitrogens with zero attached hydrogens (tertiary/aromatic N) is 1. The Hall–Kier alpha value is -3.46. The number of aliphatic hydroxyl groups is 1. The summed E-state index contributed by atoms with van der Waals surface area (Å²) in [5.41, 5.74) is 4.46. The van der Waals surface area contributed by atoms with E-state index in [0.29, 0.717) is 25.7 Å². The molecule has 1 fully saturated rings. The predicted molar refractivity (Wildman–Crippen MR) is 141 cm³/mol. The van der Waals surface area contributed by atoms with Crippen molar-refractivity contribution in [2.75, 3.05) is 6.61 Å². The molecule has 0 bridgehead atoms. The molecule has 0 saturated heterocycles. The summed E-state index contributed by atoms with van der Waals surface area (Å²) in [5, 5.41) is 21.7. The van der Waals surface area contributed by atoms with E-state index >= 15 is 0 Å². The van der Waals surface area contributed by atoms with Crippen molar-refractivity contribution in [3.63, 3.8) is 0 Å². The number of amides is 1. The van der Waals surface area contributed by atoms with Crippen LogP contribution in [0.3, 0.4) is 0 Å². The zero-order valence-corrected chi connectivity index (χ0v) is 21.0. The lowest BCUT2D eigenvalue weighted by molar-refractivity contribution is -0.137. The summed E-state index contributed by atoms with van der Waals surface area (Å²) in [4.78, 5) is 13.2. The summed E-state index contributed by atoms with van der Waals surface area (Å²) >= 11 is 0. The molecule has 1 unspecified atom stereocenters. The maximum atomic E-state index is 13.2. The van der Waals surface area contributed by atoms with Crippen molar-refractivity contribution >= 4 is 5.91 Å². The summed E-state index contributed by atoms with van der Waals surface area (Å²) in [6, 6.07) is 28.6. The number of benzene rings is 3. The Balaban J connectivity index is 1.61. The van der Waals surface area contributed by atoms with Crippen LogP contribution < -0.4 is 5.32 Å². The lowest BCUT2D eigenvalue weighted by Crippen LogP contribution is -2.44. The second-order valence-corrected chi connectivity index (χ2v) is 10.0. The van der Waals surface area contributed by atoms with Gasteiger partial charge in [0.15, 0.2) is 0 Å². The van der Waals surface area contributed by atoms with E-state index in [0.717, 1.165) is 27.8 Å². The number of aliphatic hydroxyl groups excluding tert-OH is 1. The van der Waals surface area contributed by atoms with Crippen LogP contribution in [-0.4, -0.2) is 29.3 Å². The first-order valence-electron chi connectivity index (χ1n) is 12.7. The Bertz CT molecular complexity index is 1190. The third-order valence-electron chi connectivity index (χ3n) is 6.58. The van der Waals surface area contributed by atoms with Crippen molar-refractivity contribution in [1.82, 2.24) is 5.32 Å². The highest BCUT2D eigenvalue weighted by molar-refractivity contribution is 5.82. The van der Waals surface area contributed by atoms with E-state index in [1.54, 1.807) is 0 Å². The van der Waals surface area contributed by atoms with Crippen LogP contribution >= 0.6 is 0 Å². The summed E-state index contributed by atoms with van der Waals surface area (Å²) in [6.07, 6.45) is 1.47. The van der Waals surface area contributed by atoms with E-state index in [9.17, 15) is 15.2 Å². The molecule has 1 aliphatic carbocycles. The first kappa shape index (κ1) is 25.6. The number of nitrogens with one attached hydrogen (secondary N) is 1. The standard InChI is InChI=1S/C31H34N2O3/c1-22(2)19-28(30(35)33-31(21-32)16-17-31)36-29(25-8-4-3-5-9-25)26-13-11-24(12-14-26)27-10-6-7-23(20-27)15-18-34/h3-14,20,22,28-29,34H,15-19H2,1-2H3,(H,33,35)/t28-,29?/m0/s1. The van der Waals surface area contributed by atoms with Crippen LogP contribution in [0.25, 0.3) is 11.1 Å². The molecule has 0 heterocycles. The molecule has 1 aliphatic rings. The van der Waals surface area contributed by atoms with E-state index in [2.05, 4.69) is 49.5 Å². The summed E-state index contributed by atoms with van der Waals surface area (Å²) < 4.78 is 6.56. The fraction of sp³-hybridized carbons (Fsp3) is 0.355. The minimum absolute atomic E-state index is 0.124. The molecule has 0 radical (unpaired) electrons. The van der Waals surface area contributed by atoms with E-state index in [4.69, 9.17) is 4.74 Å². The number of carbonyl (C=O) groups excluding carboxylic acids is 1. The molecule has 2 atom stereocenters. The monoisotopic (exact) mass is 482 g/mol. The maximum Gasteiger partial charge on any atom is 0.250 e. The van der Waals surface area contributed by atoms with Crippen molar-refractivity contribution in [3.8, 4) is 17.2 Å². The molecular weight excluding hydrogens is 448 g/mol. The largest absolute Gasteiger partial charge is 0.396 e. The van der Waals surface area contributed by atoms with Gasteiger partial charge in [0, 0.05) is 6.61 Å². The van der Waals surface area contributed by atoms with Gasteiger partial charge in [0.1, 0.15) is 17.7 Å². The van der Waals surface area contributed by atoms with Crippen LogP contribution in [0, 0.1) is 17.2 Å². The van der Waals surface area contributed by atoms with Gasteiger partial charge in [0.25, 0.3) is 0 Å². The summed E-state index contributed by atoms with van der Waals surface area (Å²) in [5.74, 6) is 0.0315. The van der Waals surface area contributed by atoms with E-state index < -0.39 is 17.7 Å². The third kappa shape index (κ3) is 6.40. The smallest absolute Gasteiger partial charge is 0.250 e. The van der Waals surface area contributed by atoms with Crippen molar-refractivity contribution in [2.45, 2.75) is 57.3 Å². The summed E-state index contributed by atoms with van der Waals surface area (Å²) in [7, 11) is 0. The van der Waals surface area contributed by atoms with Gasteiger partial charge >= 0.3 is 0 Å². The molecule has 186 valence electrons. The Kier molecular flexibility index (Phi) is 8.20. The number of ether oxygens (including phenoxy) is 1. The average molecular weight is 483 g/mol. The van der Waals surface area contributed by atoms with Gasteiger partial charge in [0.2, 0.25) is 5.91 Å². The molecule has 3 aromatic carbocycles. The Morgan fingerprint density at radius 2 is 1.69 bits per heavy atom. The quantitative estimate of drug-likeness (QED) is 0.374. The van der Waals surface area contributed by atoms with Crippen LogP contribution in [0.4, 0.5) is 0 Å². The second-order valence-electron chi connectivity index (χ2n) is 10.0. The molecule has 36 heavy (non-hydrogen) atoms. The molecule has 0 spiro atoms. The van der Waals surface area contributed by atoms with Gasteiger partial charge < -0.3 is 15.2 Å². The SMILES string of the molecule is CC(C)C[C@H](OC(c1ccccc1)c1ccc(-c2cccc(CCO)c2)cc1)C(=O)NC1(C#N)CC1. The molecule has 2 N–H and O–H groups in total. The molecule has 0 aliphatic heterocycles. The molecule has 5 heteroatoms. The lowest BCUT2D eigenvalue weighted by atomic mass is 9.96. The number of hydrogen-bond donors (Lipinski definition) is 2. The van der Waals surface area contributed by atoms with Gasteiger partial charge in [-0.25, -0.2) is 0 Å². The van der Waals surface area contributed by atoms with Crippen molar-refractivity contribution in [3.05, 3.63) is 95.6 Å². The van der Waals surface area contributed by atoms with Crippen molar-refractivity contribution in [1.29, 1.82) is 5.26 Å². The molecule has 1 saturated carbocycles. The first-order chi connectivity index (χ1) is 17.4. The van der Waals surface area contributed by atoms with Crippen molar-refractivity contribution in [2.24, 2.45) is 5.92 Å². The highest BCUT2D eigenvalue weighted by atomic mass is 16.5. The normalized spacial score (nSPS) is 15.6. The zero-order chi connectivity index (χ0) is 25.5. The van der Waals surface area contributed by atoms with Gasteiger partial charge in [-0.2, -0.15) is 5.26 Å². The number of rotatable bonds is 11. The van der Waals surface area contributed by atoms with Gasteiger partial charge in [-0.05, 0) is 59.4 Å². The molecule has 3 aromatic rings. The van der Waals surface area contributed by atoms with Crippen LogP contribution in [0.1, 0.15) is 55.9 Å². The van der Waals surface area contributed by atoms with Gasteiger partial charge in [-0.15, -0.1) is 0 Å². The second kappa shape index (κ2) is 11.5. The Morgan fingerprint density at radius 3 is 2.31 bits per heavy atom. The van der Waals surface area contributed by atoms with Crippen molar-refractivity contribution < 1.29 is 14.6 Å². The van der Waals surface area contributed by atoms with Crippen LogP contribution in [0.2, 0.25) is 0 Å². The number of nitriles is 1. The highest BCUT2D eigenvalue weighted by Crippen LogP contribution is 2.36. The molecule has 5 nitrogen and oxygen atoms in total. The molecule has 0 aromatic heterocycles. The fourth-order valence-electron chi connectivity index (χ4n) is 4.39. The molecular formula is C31H34N2O3. The van der Waals surface area contributed by atoms with Gasteiger partial charge in [0.05, 0.1) is 6.07 Å². The minimum Gasteiger partial charge on any atom is -0.396 e. The minimum atomic E-state index is -0.732. The number of hydrogen-bond acceptors (Lipinski definition) is 4. The van der Waals surface area contributed by atoms with Crippen LogP contribution in [0.15, 0.2) is 78.9 Å². The average Bonchev–Trinajstić information content (AvgIpc) is 3.67. The first-order valence-corrected chi connectivity index (χ1v) is 12.7. The number of carbonyl (C=O) groups is 1. The zero-order valence-electron chi connectivity index (χ0n) is 21.0. The highest BCUT2D eigenvalue weighted by Gasteiger charge is 2.46. The van der Waals surface area contributed by atoms with Crippen LogP contribution in [-0.2, 0) is 16.0 Å². The summed E-state index contributed by atoms with van der Waals surface area (Å²) in [6.45, 7) is 4.26.